The molecule has 3 atom stereocenters. The quantitative estimate of drug-likeness (QED) is 0.0243. The third kappa shape index (κ3) is 58.0. The molecule has 430 valence electrons. The first-order valence-electron chi connectivity index (χ1n) is 31.5. The monoisotopic (exact) mass is 1050 g/mol. The van der Waals surface area contributed by atoms with Crippen LogP contribution in [0.15, 0.2) is 48.6 Å². The third-order valence-electron chi connectivity index (χ3n) is 14.3. The average molecular weight is 1050 g/mol. The standard InChI is InChI=1S/C64H123N2O6P/c1-6-8-10-12-14-16-18-20-21-22-23-24-25-26-27-28-29-30-31-32-33-34-35-36-37-38-39-40-41-42-43-44-45-46-48-50-52-54-56-58-64(68)65-62(61-72-73(69,70)71-60-59-66(3,4)5)63(67)57-55-53-51-49-47-19-17-15-13-11-9-7-2/h8,10,14,16,20-21,23-24,62-63,67H,6-7,9,11-13,15,17-19,22,25-61H2,1-5H3,(H-,65,68,69,70)/p+1/b10-8-,16-14-,21-20-,24-23-. The number of aliphatic hydroxyl groups excluding tert-OH is 1. The van der Waals surface area contributed by atoms with E-state index in [1.165, 1.54) is 212 Å². The van der Waals surface area contributed by atoms with E-state index >= 15 is 0 Å². The van der Waals surface area contributed by atoms with Crippen molar-refractivity contribution in [3.63, 3.8) is 0 Å². The van der Waals surface area contributed by atoms with Gasteiger partial charge in [0, 0.05) is 6.42 Å². The van der Waals surface area contributed by atoms with Gasteiger partial charge < -0.3 is 19.8 Å². The maximum Gasteiger partial charge on any atom is 0.472 e. The van der Waals surface area contributed by atoms with Crippen molar-refractivity contribution in [2.45, 2.75) is 315 Å². The van der Waals surface area contributed by atoms with Crippen LogP contribution in [0.4, 0.5) is 0 Å². The summed E-state index contributed by atoms with van der Waals surface area (Å²) in [6, 6.07) is -0.757. The summed E-state index contributed by atoms with van der Waals surface area (Å²) in [5.41, 5.74) is 0. The van der Waals surface area contributed by atoms with Gasteiger partial charge in [0.15, 0.2) is 0 Å². The van der Waals surface area contributed by atoms with Crippen molar-refractivity contribution in [1.29, 1.82) is 0 Å². The number of aliphatic hydroxyl groups is 1. The van der Waals surface area contributed by atoms with Crippen molar-refractivity contribution in [3.05, 3.63) is 48.6 Å². The average Bonchev–Trinajstić information content (AvgIpc) is 3.35. The molecule has 0 heterocycles. The van der Waals surface area contributed by atoms with Crippen molar-refractivity contribution in [2.75, 3.05) is 40.9 Å². The molecule has 0 saturated carbocycles. The van der Waals surface area contributed by atoms with Gasteiger partial charge in [0.25, 0.3) is 0 Å². The van der Waals surface area contributed by atoms with E-state index in [1.807, 2.05) is 21.1 Å². The topological polar surface area (TPSA) is 105 Å². The van der Waals surface area contributed by atoms with Crippen LogP contribution < -0.4 is 5.32 Å². The fraction of sp³-hybridized carbons (Fsp3) is 0.859. The highest BCUT2D eigenvalue weighted by Crippen LogP contribution is 2.43. The molecule has 3 N–H and O–H groups in total. The van der Waals surface area contributed by atoms with E-state index in [0.29, 0.717) is 23.9 Å². The maximum absolute atomic E-state index is 13.0. The van der Waals surface area contributed by atoms with E-state index in [1.54, 1.807) is 0 Å². The van der Waals surface area contributed by atoms with E-state index in [-0.39, 0.29) is 19.1 Å². The molecule has 0 saturated heterocycles. The molecule has 0 radical (unpaired) electrons. The number of rotatable bonds is 58. The highest BCUT2D eigenvalue weighted by Gasteiger charge is 2.28. The first-order valence-corrected chi connectivity index (χ1v) is 33.0. The Hall–Kier alpha value is -1.54. The molecule has 0 aromatic rings. The largest absolute Gasteiger partial charge is 0.472 e. The Balaban J connectivity index is 3.83. The van der Waals surface area contributed by atoms with Gasteiger partial charge >= 0.3 is 7.82 Å². The van der Waals surface area contributed by atoms with Gasteiger partial charge in [0.05, 0.1) is 39.9 Å². The zero-order chi connectivity index (χ0) is 53.5. The van der Waals surface area contributed by atoms with Gasteiger partial charge in [-0.25, -0.2) is 4.57 Å². The Kier molecular flexibility index (Phi) is 54.1. The molecule has 0 aromatic heterocycles. The molecule has 0 aliphatic carbocycles. The molecule has 0 rings (SSSR count). The van der Waals surface area contributed by atoms with Crippen LogP contribution in [-0.2, 0) is 18.4 Å². The Morgan fingerprint density at radius 2 is 0.822 bits per heavy atom. The number of phosphoric ester groups is 1. The molecule has 0 aromatic carbocycles. The molecule has 1 amide bonds. The number of allylic oxidation sites excluding steroid dienone is 8. The number of quaternary nitrogens is 1. The van der Waals surface area contributed by atoms with Crippen LogP contribution in [0.25, 0.3) is 0 Å². The van der Waals surface area contributed by atoms with Gasteiger partial charge in [-0.05, 0) is 51.4 Å². The minimum atomic E-state index is -4.32. The van der Waals surface area contributed by atoms with E-state index in [0.717, 1.165) is 64.2 Å². The molecular weight excluding hydrogens is 924 g/mol. The first kappa shape index (κ1) is 71.5. The Bertz CT molecular complexity index is 1330. The molecule has 0 spiro atoms. The zero-order valence-corrected chi connectivity index (χ0v) is 50.0. The van der Waals surface area contributed by atoms with Crippen LogP contribution in [0.3, 0.4) is 0 Å². The van der Waals surface area contributed by atoms with Crippen molar-refractivity contribution < 1.29 is 32.9 Å². The number of nitrogens with zero attached hydrogens (tertiary/aromatic N) is 1. The predicted octanol–water partition coefficient (Wildman–Crippen LogP) is 19.5. The summed E-state index contributed by atoms with van der Waals surface area (Å²) < 4.78 is 23.7. The number of phosphoric acid groups is 1. The maximum atomic E-state index is 13.0. The summed E-state index contributed by atoms with van der Waals surface area (Å²) >= 11 is 0. The normalized spacial score (nSPS) is 14.1. The highest BCUT2D eigenvalue weighted by molar-refractivity contribution is 7.47. The van der Waals surface area contributed by atoms with Crippen molar-refractivity contribution in [3.8, 4) is 0 Å². The summed E-state index contributed by atoms with van der Waals surface area (Å²) in [6.45, 7) is 4.80. The summed E-state index contributed by atoms with van der Waals surface area (Å²) in [5, 5.41) is 14.0. The molecule has 73 heavy (non-hydrogen) atoms. The number of unbranched alkanes of at least 4 members (excludes halogenated alkanes) is 37. The Morgan fingerprint density at radius 1 is 0.479 bits per heavy atom. The second kappa shape index (κ2) is 55.2. The van der Waals surface area contributed by atoms with Gasteiger partial charge in [-0.1, -0.05) is 294 Å². The lowest BCUT2D eigenvalue weighted by Gasteiger charge is -2.26. The number of carbonyl (C=O) groups is 1. The lowest BCUT2D eigenvalue weighted by atomic mass is 10.0. The first-order chi connectivity index (χ1) is 35.5. The summed E-state index contributed by atoms with van der Waals surface area (Å²) in [6.07, 6.45) is 73.5. The van der Waals surface area contributed by atoms with Crippen LogP contribution in [0.2, 0.25) is 0 Å². The second-order valence-corrected chi connectivity index (χ2v) is 24.2. The lowest BCUT2D eigenvalue weighted by molar-refractivity contribution is -0.870. The molecule has 8 nitrogen and oxygen atoms in total. The lowest BCUT2D eigenvalue weighted by Crippen LogP contribution is -2.46. The number of likely N-dealkylation sites (N-methyl/N-ethyl adjacent to an activating group) is 1. The van der Waals surface area contributed by atoms with Crippen LogP contribution in [0.1, 0.15) is 303 Å². The molecule has 0 fully saturated rings. The molecule has 3 unspecified atom stereocenters. The summed E-state index contributed by atoms with van der Waals surface area (Å²) in [4.78, 5) is 23.3. The van der Waals surface area contributed by atoms with E-state index in [2.05, 4.69) is 67.8 Å². The molecule has 0 bridgehead atoms. The van der Waals surface area contributed by atoms with Gasteiger partial charge in [-0.2, -0.15) is 0 Å². The molecular formula is C64H124N2O6P+. The highest BCUT2D eigenvalue weighted by atomic mass is 31.2. The minimum Gasteiger partial charge on any atom is -0.391 e. The SMILES string of the molecule is CC/C=C\C/C=C\C/C=C\C/C=C\CCCCCCCCCCCCCCCCCCCCCCCCCCCCC(=O)NC(COP(=O)(O)OCC[N+](C)(C)C)C(O)CCCCCCCCCCCCCC. The summed E-state index contributed by atoms with van der Waals surface area (Å²) in [7, 11) is 1.63. The van der Waals surface area contributed by atoms with Crippen molar-refractivity contribution in [1.82, 2.24) is 5.32 Å². The van der Waals surface area contributed by atoms with Gasteiger partial charge in [-0.3, -0.25) is 13.8 Å². The van der Waals surface area contributed by atoms with Gasteiger partial charge in [0.2, 0.25) is 5.91 Å². The van der Waals surface area contributed by atoms with Crippen molar-refractivity contribution in [2.24, 2.45) is 0 Å². The fourth-order valence-electron chi connectivity index (χ4n) is 9.45. The van der Waals surface area contributed by atoms with E-state index in [9.17, 15) is 19.4 Å². The van der Waals surface area contributed by atoms with E-state index < -0.39 is 20.0 Å². The zero-order valence-electron chi connectivity index (χ0n) is 49.1. The summed E-state index contributed by atoms with van der Waals surface area (Å²) in [5.74, 6) is -0.140. The molecule has 0 aliphatic heterocycles. The van der Waals surface area contributed by atoms with Crippen LogP contribution >= 0.6 is 7.82 Å². The van der Waals surface area contributed by atoms with Crippen LogP contribution in [-0.4, -0.2) is 73.4 Å². The van der Waals surface area contributed by atoms with Crippen LogP contribution in [0.5, 0.6) is 0 Å². The van der Waals surface area contributed by atoms with Crippen LogP contribution in [0, 0.1) is 0 Å². The van der Waals surface area contributed by atoms with E-state index in [4.69, 9.17) is 9.05 Å². The third-order valence-corrected chi connectivity index (χ3v) is 15.3. The smallest absolute Gasteiger partial charge is 0.391 e. The Labute approximate surface area is 454 Å². The minimum absolute atomic E-state index is 0.0766. The number of hydrogen-bond acceptors (Lipinski definition) is 5. The number of carbonyl (C=O) groups excluding carboxylic acids is 1. The molecule has 0 aliphatic rings. The van der Waals surface area contributed by atoms with Gasteiger partial charge in [0.1, 0.15) is 13.2 Å². The Morgan fingerprint density at radius 3 is 1.21 bits per heavy atom. The predicted molar refractivity (Wildman–Crippen MR) is 318 cm³/mol. The fourth-order valence-corrected chi connectivity index (χ4v) is 10.2. The van der Waals surface area contributed by atoms with Crippen molar-refractivity contribution >= 4 is 13.7 Å². The van der Waals surface area contributed by atoms with Gasteiger partial charge in [-0.15, -0.1) is 0 Å². The number of nitrogens with one attached hydrogen (secondary N) is 1. The number of amides is 1. The number of hydrogen-bond donors (Lipinski definition) is 3. The molecule has 9 heteroatoms. The second-order valence-electron chi connectivity index (χ2n) is 22.8.